The molecule has 1 fully saturated rings. The molecule has 2 N–H and O–H groups in total. The lowest BCUT2D eigenvalue weighted by atomic mass is 9.95. The van der Waals surface area contributed by atoms with Crippen molar-refractivity contribution in [3.8, 4) is 0 Å². The van der Waals surface area contributed by atoms with Crippen LogP contribution in [-0.4, -0.2) is 47.8 Å². The second-order valence-electron chi connectivity index (χ2n) is 7.22. The Morgan fingerprint density at radius 3 is 2.18 bits per heavy atom. The maximum absolute atomic E-state index is 10.5. The molecule has 28 heavy (non-hydrogen) atoms. The van der Waals surface area contributed by atoms with Gasteiger partial charge >= 0.3 is 0 Å². The van der Waals surface area contributed by atoms with Gasteiger partial charge in [0.2, 0.25) is 0 Å². The predicted octanol–water partition coefficient (Wildman–Crippen LogP) is 3.08. The van der Waals surface area contributed by atoms with Gasteiger partial charge in [-0.2, -0.15) is 0 Å². The van der Waals surface area contributed by atoms with Crippen molar-refractivity contribution in [2.45, 2.75) is 56.9 Å². The highest BCUT2D eigenvalue weighted by molar-refractivity contribution is 5.14. The zero-order valence-electron chi connectivity index (χ0n) is 16.2. The van der Waals surface area contributed by atoms with Crippen LogP contribution in [0.15, 0.2) is 60.7 Å². The van der Waals surface area contributed by atoms with Crippen LogP contribution < -0.4 is 0 Å². The third kappa shape index (κ3) is 6.40. The second-order valence-corrected chi connectivity index (χ2v) is 7.22. The van der Waals surface area contributed by atoms with E-state index >= 15 is 0 Å². The topological polar surface area (TPSA) is 68.2 Å². The van der Waals surface area contributed by atoms with Crippen molar-refractivity contribution in [1.29, 1.82) is 0 Å². The third-order valence-corrected chi connectivity index (χ3v) is 5.01. The van der Waals surface area contributed by atoms with Crippen molar-refractivity contribution in [3.05, 3.63) is 71.8 Å². The number of rotatable bonds is 10. The average molecular weight is 386 g/mol. The summed E-state index contributed by atoms with van der Waals surface area (Å²) in [5.74, 6) is 0. The fraction of sp³-hybridized carbons (Fsp3) is 0.478. The molecule has 1 heterocycles. The molecule has 5 heteroatoms. The number of hydrogen-bond donors (Lipinski definition) is 2. The zero-order valence-corrected chi connectivity index (χ0v) is 16.2. The van der Waals surface area contributed by atoms with E-state index in [0.717, 1.165) is 11.1 Å². The van der Waals surface area contributed by atoms with E-state index in [4.69, 9.17) is 19.3 Å². The van der Waals surface area contributed by atoms with Crippen LogP contribution in [0.25, 0.3) is 0 Å². The van der Waals surface area contributed by atoms with Gasteiger partial charge in [0.1, 0.15) is 6.10 Å². The lowest BCUT2D eigenvalue weighted by Gasteiger charge is -2.39. The van der Waals surface area contributed by atoms with Crippen LogP contribution in [-0.2, 0) is 27.4 Å². The van der Waals surface area contributed by atoms with Crippen LogP contribution in [0, 0.1) is 0 Å². The third-order valence-electron chi connectivity index (χ3n) is 5.01. The average Bonchev–Trinajstić information content (AvgIpc) is 2.74. The Hall–Kier alpha value is -1.76. The molecule has 4 atom stereocenters. The van der Waals surface area contributed by atoms with E-state index in [2.05, 4.69) is 0 Å². The summed E-state index contributed by atoms with van der Waals surface area (Å²) in [6, 6.07) is 20.0. The van der Waals surface area contributed by atoms with Gasteiger partial charge in [-0.1, -0.05) is 60.7 Å². The highest BCUT2D eigenvalue weighted by Gasteiger charge is 2.37. The molecule has 3 rings (SSSR count). The minimum absolute atomic E-state index is 0.0929. The van der Waals surface area contributed by atoms with Gasteiger partial charge < -0.3 is 24.4 Å². The van der Waals surface area contributed by atoms with Crippen LogP contribution in [0.3, 0.4) is 0 Å². The van der Waals surface area contributed by atoms with Gasteiger partial charge in [-0.15, -0.1) is 0 Å². The SMILES string of the molecule is OCCC[C@H]1O[C@H](COCc2ccccc2)[C@@H](OCc2ccccc2)C[C@@H]1O. The minimum atomic E-state index is -0.599. The number of hydrogen-bond acceptors (Lipinski definition) is 5. The Morgan fingerprint density at radius 1 is 0.893 bits per heavy atom. The lowest BCUT2D eigenvalue weighted by molar-refractivity contribution is -0.204. The molecule has 0 amide bonds. The summed E-state index contributed by atoms with van der Waals surface area (Å²) in [5.41, 5.74) is 2.19. The number of aliphatic hydroxyl groups is 2. The highest BCUT2D eigenvalue weighted by Crippen LogP contribution is 2.27. The van der Waals surface area contributed by atoms with Crippen molar-refractivity contribution < 1.29 is 24.4 Å². The molecule has 2 aromatic rings. The molecule has 152 valence electrons. The molecule has 1 aliphatic heterocycles. The van der Waals surface area contributed by atoms with E-state index in [9.17, 15) is 5.11 Å². The van der Waals surface area contributed by atoms with Gasteiger partial charge in [0.05, 0.1) is 38.1 Å². The Kier molecular flexibility index (Phi) is 8.45. The van der Waals surface area contributed by atoms with Gasteiger partial charge in [-0.25, -0.2) is 0 Å². The van der Waals surface area contributed by atoms with Crippen molar-refractivity contribution in [2.24, 2.45) is 0 Å². The largest absolute Gasteiger partial charge is 0.396 e. The first kappa shape index (κ1) is 21.0. The molecule has 1 aliphatic rings. The summed E-state index contributed by atoms with van der Waals surface area (Å²) < 4.78 is 18.1. The zero-order chi connectivity index (χ0) is 19.6. The predicted molar refractivity (Wildman–Crippen MR) is 107 cm³/mol. The van der Waals surface area contributed by atoms with E-state index in [0.29, 0.717) is 39.1 Å². The molecule has 0 spiro atoms. The van der Waals surface area contributed by atoms with E-state index in [-0.39, 0.29) is 24.9 Å². The van der Waals surface area contributed by atoms with Gasteiger partial charge in [0.15, 0.2) is 0 Å². The van der Waals surface area contributed by atoms with Crippen molar-refractivity contribution in [2.75, 3.05) is 13.2 Å². The van der Waals surface area contributed by atoms with Crippen molar-refractivity contribution in [3.63, 3.8) is 0 Å². The smallest absolute Gasteiger partial charge is 0.108 e. The Balaban J connectivity index is 1.57. The van der Waals surface area contributed by atoms with Crippen molar-refractivity contribution >= 4 is 0 Å². The molecule has 0 unspecified atom stereocenters. The van der Waals surface area contributed by atoms with Crippen LogP contribution in [0.5, 0.6) is 0 Å². The van der Waals surface area contributed by atoms with Crippen LogP contribution in [0.2, 0.25) is 0 Å². The fourth-order valence-electron chi connectivity index (χ4n) is 3.46. The fourth-order valence-corrected chi connectivity index (χ4v) is 3.46. The molecule has 0 aromatic heterocycles. The van der Waals surface area contributed by atoms with E-state index in [1.165, 1.54) is 0 Å². The van der Waals surface area contributed by atoms with Gasteiger partial charge in [0.25, 0.3) is 0 Å². The standard InChI is InChI=1S/C23H30O5/c24-13-7-12-21-20(25)14-22(27-16-19-10-5-2-6-11-19)23(28-21)17-26-15-18-8-3-1-4-9-18/h1-6,8-11,20-25H,7,12-17H2/t20-,21+,22-,23+/m0/s1. The first-order chi connectivity index (χ1) is 13.8. The van der Waals surface area contributed by atoms with Crippen LogP contribution >= 0.6 is 0 Å². The van der Waals surface area contributed by atoms with E-state index in [1.54, 1.807) is 0 Å². The van der Waals surface area contributed by atoms with E-state index < -0.39 is 6.10 Å². The summed E-state index contributed by atoms with van der Waals surface area (Å²) in [7, 11) is 0. The normalized spacial score (nSPS) is 24.9. The maximum Gasteiger partial charge on any atom is 0.108 e. The molecule has 0 bridgehead atoms. The first-order valence-corrected chi connectivity index (χ1v) is 9.98. The minimum Gasteiger partial charge on any atom is -0.396 e. The summed E-state index contributed by atoms with van der Waals surface area (Å²) in [5, 5.41) is 19.5. The second kappa shape index (κ2) is 11.3. The molecule has 0 aliphatic carbocycles. The molecule has 0 radical (unpaired) electrons. The molecule has 1 saturated heterocycles. The van der Waals surface area contributed by atoms with Crippen LogP contribution in [0.1, 0.15) is 30.4 Å². The summed E-state index contributed by atoms with van der Waals surface area (Å²) in [6.45, 7) is 1.47. The van der Waals surface area contributed by atoms with Crippen LogP contribution in [0.4, 0.5) is 0 Å². The van der Waals surface area contributed by atoms with E-state index in [1.807, 2.05) is 60.7 Å². The van der Waals surface area contributed by atoms with Gasteiger partial charge in [-0.3, -0.25) is 0 Å². The monoisotopic (exact) mass is 386 g/mol. The highest BCUT2D eigenvalue weighted by atomic mass is 16.6. The molecule has 2 aromatic carbocycles. The molecular weight excluding hydrogens is 356 g/mol. The first-order valence-electron chi connectivity index (χ1n) is 9.98. The van der Waals surface area contributed by atoms with Gasteiger partial charge in [-0.05, 0) is 24.0 Å². The molecular formula is C23H30O5. The van der Waals surface area contributed by atoms with Crippen molar-refractivity contribution in [1.82, 2.24) is 0 Å². The Morgan fingerprint density at radius 2 is 1.54 bits per heavy atom. The molecule has 5 nitrogen and oxygen atoms in total. The number of ether oxygens (including phenoxy) is 3. The summed E-state index contributed by atoms with van der Waals surface area (Å²) in [6.07, 6.45) is 0.345. The summed E-state index contributed by atoms with van der Waals surface area (Å²) >= 11 is 0. The Bertz CT molecular complexity index is 663. The number of benzene rings is 2. The number of aliphatic hydroxyl groups excluding tert-OH is 2. The quantitative estimate of drug-likeness (QED) is 0.657. The molecule has 0 saturated carbocycles. The summed E-state index contributed by atoms with van der Waals surface area (Å²) in [4.78, 5) is 0. The Labute approximate surface area is 166 Å². The maximum atomic E-state index is 10.5. The van der Waals surface area contributed by atoms with Gasteiger partial charge in [0, 0.05) is 13.0 Å². The lowest BCUT2D eigenvalue weighted by Crippen LogP contribution is -2.50.